The molecule has 11 rings (SSSR count). The van der Waals surface area contributed by atoms with Crippen LogP contribution in [0.5, 0.6) is 0 Å². The van der Waals surface area contributed by atoms with Crippen molar-refractivity contribution in [1.82, 2.24) is 14.5 Å². The van der Waals surface area contributed by atoms with Gasteiger partial charge in [0.25, 0.3) is 0 Å². The zero-order valence-corrected chi connectivity index (χ0v) is 31.3. The fourth-order valence-corrected chi connectivity index (χ4v) is 8.75. The maximum absolute atomic E-state index is 5.08. The quantitative estimate of drug-likeness (QED) is 0.171. The molecule has 0 fully saturated rings. The topological polar surface area (TPSA) is 34.0 Å². The third kappa shape index (κ3) is 5.94. The van der Waals surface area contributed by atoms with Gasteiger partial charge in [-0.15, -0.1) is 0 Å². The van der Waals surface area contributed by atoms with Crippen molar-refractivity contribution < 1.29 is 0 Å². The fraction of sp³-hybridized carbons (Fsp3) is 0.0566. The predicted octanol–water partition coefficient (Wildman–Crippen LogP) is 13.4. The van der Waals surface area contributed by atoms with E-state index >= 15 is 0 Å². The van der Waals surface area contributed by atoms with Crippen LogP contribution in [0, 0.1) is 5.92 Å². The first-order chi connectivity index (χ1) is 28.2. The van der Waals surface area contributed by atoms with Gasteiger partial charge in [-0.3, -0.25) is 0 Å². The summed E-state index contributed by atoms with van der Waals surface area (Å²) in [4.78, 5) is 12.6. The molecule has 270 valence electrons. The van der Waals surface area contributed by atoms with Gasteiger partial charge in [0.1, 0.15) is 0 Å². The lowest BCUT2D eigenvalue weighted by atomic mass is 9.89. The van der Waals surface area contributed by atoms with Gasteiger partial charge >= 0.3 is 0 Å². The highest BCUT2D eigenvalue weighted by atomic mass is 15.1. The second kappa shape index (κ2) is 13.8. The Labute approximate surface area is 332 Å². The van der Waals surface area contributed by atoms with Gasteiger partial charge in [-0.05, 0) is 89.7 Å². The van der Waals surface area contributed by atoms with Crippen molar-refractivity contribution in [2.75, 3.05) is 11.4 Å². The van der Waals surface area contributed by atoms with E-state index in [1.165, 1.54) is 61.1 Å². The Morgan fingerprint density at radius 3 is 1.86 bits per heavy atom. The van der Waals surface area contributed by atoms with Gasteiger partial charge in [0, 0.05) is 56.6 Å². The van der Waals surface area contributed by atoms with Crippen molar-refractivity contribution in [3.8, 4) is 50.7 Å². The molecule has 1 aliphatic carbocycles. The van der Waals surface area contributed by atoms with Crippen molar-refractivity contribution in [3.63, 3.8) is 0 Å². The number of para-hydroxylation sites is 2. The molecule has 9 aromatic rings. The average molecular weight is 731 g/mol. The Bertz CT molecular complexity index is 2940. The summed E-state index contributed by atoms with van der Waals surface area (Å²) >= 11 is 0. The lowest BCUT2D eigenvalue weighted by molar-refractivity contribution is 0.676. The first kappa shape index (κ1) is 33.1. The van der Waals surface area contributed by atoms with Crippen molar-refractivity contribution in [2.45, 2.75) is 6.42 Å². The van der Waals surface area contributed by atoms with Gasteiger partial charge in [0.15, 0.2) is 5.82 Å². The summed E-state index contributed by atoms with van der Waals surface area (Å²) < 4.78 is 2.38. The lowest BCUT2D eigenvalue weighted by Gasteiger charge is -2.27. The molecule has 0 saturated heterocycles. The van der Waals surface area contributed by atoms with E-state index in [1.54, 1.807) is 0 Å². The Morgan fingerprint density at radius 1 is 0.474 bits per heavy atom. The van der Waals surface area contributed by atoms with Crippen LogP contribution in [-0.2, 0) is 0 Å². The van der Waals surface area contributed by atoms with Crippen LogP contribution in [0.1, 0.15) is 12.0 Å². The molecule has 0 radical (unpaired) electrons. The van der Waals surface area contributed by atoms with E-state index in [0.717, 1.165) is 46.9 Å². The largest absolute Gasteiger partial charge is 0.340 e. The molecule has 57 heavy (non-hydrogen) atoms. The van der Waals surface area contributed by atoms with E-state index in [1.807, 2.05) is 24.3 Å². The van der Waals surface area contributed by atoms with Gasteiger partial charge in [0.05, 0.1) is 22.4 Å². The molecule has 3 heterocycles. The van der Waals surface area contributed by atoms with Crippen LogP contribution in [0.25, 0.3) is 78.1 Å². The Balaban J connectivity index is 0.977. The first-order valence-electron chi connectivity index (χ1n) is 19.7. The summed E-state index contributed by atoms with van der Waals surface area (Å²) in [6.45, 7) is 0.911. The number of hydrogen-bond donors (Lipinski definition) is 0. The van der Waals surface area contributed by atoms with E-state index < -0.39 is 0 Å². The molecule has 0 saturated carbocycles. The van der Waals surface area contributed by atoms with Crippen LogP contribution in [-0.4, -0.2) is 21.1 Å². The fourth-order valence-electron chi connectivity index (χ4n) is 8.75. The molecule has 2 aliphatic rings. The van der Waals surface area contributed by atoms with Gasteiger partial charge < -0.3 is 9.47 Å². The summed E-state index contributed by atoms with van der Waals surface area (Å²) in [7, 11) is 0. The molecule has 4 heteroatoms. The smallest absolute Gasteiger partial charge is 0.160 e. The van der Waals surface area contributed by atoms with E-state index in [9.17, 15) is 0 Å². The van der Waals surface area contributed by atoms with Crippen molar-refractivity contribution >= 4 is 38.8 Å². The number of benzene rings is 7. The van der Waals surface area contributed by atoms with Crippen molar-refractivity contribution in [2.24, 2.45) is 5.92 Å². The van der Waals surface area contributed by atoms with Crippen LogP contribution in [0.4, 0.5) is 11.4 Å². The third-order valence-electron chi connectivity index (χ3n) is 11.5. The predicted molar refractivity (Wildman–Crippen MR) is 237 cm³/mol. The highest BCUT2D eigenvalue weighted by Gasteiger charge is 2.27. The highest BCUT2D eigenvalue weighted by molar-refractivity contribution is 6.10. The van der Waals surface area contributed by atoms with Crippen molar-refractivity contribution in [3.05, 3.63) is 206 Å². The van der Waals surface area contributed by atoms with Crippen LogP contribution in [0.3, 0.4) is 0 Å². The molecular formula is C53H38N4. The van der Waals surface area contributed by atoms with Gasteiger partial charge in [-0.1, -0.05) is 140 Å². The first-order valence-corrected chi connectivity index (χ1v) is 19.7. The zero-order chi connectivity index (χ0) is 37.7. The monoisotopic (exact) mass is 730 g/mol. The normalized spacial score (nSPS) is 14.7. The Morgan fingerprint density at radius 2 is 1.09 bits per heavy atom. The van der Waals surface area contributed by atoms with E-state index in [2.05, 4.69) is 185 Å². The molecule has 2 bridgehead atoms. The summed E-state index contributed by atoms with van der Waals surface area (Å²) in [5.41, 5.74) is 16.1. The molecule has 1 aliphatic heterocycles. The molecule has 7 aromatic carbocycles. The molecule has 1 atom stereocenters. The second-order valence-electron chi connectivity index (χ2n) is 15.0. The SMILES string of the molecule is C1=CC2CC(=C1)c1cc(-c3ccc4c(c3)c3ccccc3n4-c3ccccc3)ccc1N(c1ccc(-c3cc(-c4ccccc4)nc(-c4ccccc4)n3)cc1)C2. The number of fused-ring (bicyclic) bond motifs is 7. The Hall–Kier alpha value is -7.30. The molecule has 0 N–H and O–H groups in total. The minimum atomic E-state index is 0.421. The summed E-state index contributed by atoms with van der Waals surface area (Å²) in [6.07, 6.45) is 7.95. The van der Waals surface area contributed by atoms with E-state index in [-0.39, 0.29) is 0 Å². The number of allylic oxidation sites excluding steroid dienone is 3. The minimum absolute atomic E-state index is 0.421. The standard InChI is InChI=1S/C53H38N4/c1-4-14-37(15-5-1)48-34-49(55-53(54-48)39-16-6-2-7-17-39)38-23-27-43(28-24-38)56-35-36-13-12-18-42(31-36)46-32-40(25-29-50(46)56)41-26-30-52-47(33-41)45-21-10-11-22-51(45)57(52)44-19-8-3-9-20-44/h1-30,32-34,36H,31,35H2. The van der Waals surface area contributed by atoms with Crippen LogP contribution in [0.2, 0.25) is 0 Å². The van der Waals surface area contributed by atoms with Gasteiger partial charge in [-0.25, -0.2) is 9.97 Å². The van der Waals surface area contributed by atoms with Crippen LogP contribution >= 0.6 is 0 Å². The van der Waals surface area contributed by atoms with E-state index in [4.69, 9.17) is 9.97 Å². The molecular weight excluding hydrogens is 693 g/mol. The average Bonchev–Trinajstić information content (AvgIpc) is 3.57. The maximum atomic E-state index is 5.08. The maximum Gasteiger partial charge on any atom is 0.160 e. The molecule has 2 aromatic heterocycles. The van der Waals surface area contributed by atoms with E-state index in [0.29, 0.717) is 5.92 Å². The molecule has 0 amide bonds. The molecule has 4 nitrogen and oxygen atoms in total. The van der Waals surface area contributed by atoms with Crippen molar-refractivity contribution in [1.29, 1.82) is 0 Å². The van der Waals surface area contributed by atoms with Crippen LogP contribution < -0.4 is 4.90 Å². The summed E-state index contributed by atoms with van der Waals surface area (Å²) in [5, 5.41) is 2.53. The van der Waals surface area contributed by atoms with Crippen LogP contribution in [0.15, 0.2) is 200 Å². The zero-order valence-electron chi connectivity index (χ0n) is 31.3. The number of anilines is 2. The number of nitrogens with zero attached hydrogens (tertiary/aromatic N) is 4. The number of aromatic nitrogens is 3. The van der Waals surface area contributed by atoms with Gasteiger partial charge in [0.2, 0.25) is 0 Å². The third-order valence-corrected chi connectivity index (χ3v) is 11.5. The second-order valence-corrected chi connectivity index (χ2v) is 15.0. The molecule has 1 unspecified atom stereocenters. The van der Waals surface area contributed by atoms with Gasteiger partial charge in [-0.2, -0.15) is 0 Å². The lowest BCUT2D eigenvalue weighted by Crippen LogP contribution is -2.23. The Kier molecular flexibility index (Phi) is 7.99. The summed E-state index contributed by atoms with van der Waals surface area (Å²) in [5.74, 6) is 1.14. The number of hydrogen-bond acceptors (Lipinski definition) is 3. The molecule has 0 spiro atoms. The summed E-state index contributed by atoms with van der Waals surface area (Å²) in [6, 6.07) is 65.1. The minimum Gasteiger partial charge on any atom is -0.340 e. The highest BCUT2D eigenvalue weighted by Crippen LogP contribution is 2.44. The number of rotatable bonds is 6.